The summed E-state index contributed by atoms with van der Waals surface area (Å²) in [4.78, 5) is 8.18. The Bertz CT molecular complexity index is 314. The largest absolute Gasteiger partial charge is 0.382 e. The molecule has 0 unspecified atom stereocenters. The number of anilines is 2. The molecule has 0 bridgehead atoms. The Kier molecular flexibility index (Phi) is 3.85. The van der Waals surface area contributed by atoms with E-state index in [1.807, 2.05) is 13.1 Å². The number of hydrogen-bond donors (Lipinski definition) is 2. The minimum absolute atomic E-state index is 0.145. The lowest BCUT2D eigenvalue weighted by Crippen LogP contribution is -2.36. The second-order valence-corrected chi connectivity index (χ2v) is 3.98. The normalized spacial score (nSPS) is 11.2. The first kappa shape index (κ1) is 11.7. The van der Waals surface area contributed by atoms with Crippen LogP contribution in [0.5, 0.6) is 0 Å². The van der Waals surface area contributed by atoms with E-state index in [0.29, 0.717) is 6.61 Å². The van der Waals surface area contributed by atoms with Crippen molar-refractivity contribution < 1.29 is 4.74 Å². The average molecular weight is 210 g/mol. The lowest BCUT2D eigenvalue weighted by molar-refractivity contribution is 0.158. The van der Waals surface area contributed by atoms with Crippen molar-refractivity contribution >= 4 is 11.6 Å². The predicted molar refractivity (Wildman–Crippen MR) is 61.2 cm³/mol. The molecular formula is C10H18N4O. The minimum atomic E-state index is -0.145. The lowest BCUT2D eigenvalue weighted by Gasteiger charge is -2.25. The predicted octanol–water partition coefficient (Wildman–Crippen LogP) is 1.36. The molecular weight excluding hydrogens is 192 g/mol. The first-order valence-electron chi connectivity index (χ1n) is 4.84. The Morgan fingerprint density at radius 2 is 2.00 bits per heavy atom. The highest BCUT2D eigenvalue weighted by Crippen LogP contribution is 2.14. The van der Waals surface area contributed by atoms with E-state index in [2.05, 4.69) is 34.4 Å². The smallest absolute Gasteiger partial charge is 0.131 e. The molecule has 2 N–H and O–H groups in total. The van der Waals surface area contributed by atoms with Gasteiger partial charge in [-0.3, -0.25) is 0 Å². The van der Waals surface area contributed by atoms with Gasteiger partial charge in [-0.05, 0) is 13.8 Å². The zero-order valence-electron chi connectivity index (χ0n) is 9.66. The van der Waals surface area contributed by atoms with E-state index in [1.165, 1.54) is 6.33 Å². The Labute approximate surface area is 90.3 Å². The summed E-state index contributed by atoms with van der Waals surface area (Å²) in [5, 5.41) is 6.24. The van der Waals surface area contributed by atoms with Crippen molar-refractivity contribution in [2.45, 2.75) is 19.4 Å². The summed E-state index contributed by atoms with van der Waals surface area (Å²) in [6.45, 7) is 4.72. The van der Waals surface area contributed by atoms with Gasteiger partial charge in [0.1, 0.15) is 18.0 Å². The fourth-order valence-corrected chi connectivity index (χ4v) is 1.31. The molecule has 0 saturated carbocycles. The van der Waals surface area contributed by atoms with E-state index in [0.717, 1.165) is 11.6 Å². The molecule has 0 radical (unpaired) electrons. The molecule has 0 aliphatic carbocycles. The van der Waals surface area contributed by atoms with Crippen LogP contribution in [0.2, 0.25) is 0 Å². The molecule has 0 aromatic carbocycles. The van der Waals surface area contributed by atoms with E-state index < -0.39 is 0 Å². The molecule has 0 saturated heterocycles. The Balaban J connectivity index is 2.71. The molecule has 1 rings (SSSR count). The summed E-state index contributed by atoms with van der Waals surface area (Å²) in [5.41, 5.74) is -0.145. The Morgan fingerprint density at radius 3 is 2.60 bits per heavy atom. The molecule has 1 aromatic heterocycles. The summed E-state index contributed by atoms with van der Waals surface area (Å²) in [6, 6.07) is 1.86. The van der Waals surface area contributed by atoms with E-state index >= 15 is 0 Å². The molecule has 84 valence electrons. The summed E-state index contributed by atoms with van der Waals surface area (Å²) in [5.74, 6) is 1.58. The first-order valence-corrected chi connectivity index (χ1v) is 4.84. The fraction of sp³-hybridized carbons (Fsp3) is 0.600. The topological polar surface area (TPSA) is 59.1 Å². The van der Waals surface area contributed by atoms with Crippen LogP contribution >= 0.6 is 0 Å². The maximum Gasteiger partial charge on any atom is 0.131 e. The first-order chi connectivity index (χ1) is 7.07. The minimum Gasteiger partial charge on any atom is -0.382 e. The van der Waals surface area contributed by atoms with Crippen molar-refractivity contribution in [3.05, 3.63) is 12.4 Å². The average Bonchev–Trinajstić information content (AvgIpc) is 2.17. The van der Waals surface area contributed by atoms with Gasteiger partial charge < -0.3 is 15.4 Å². The van der Waals surface area contributed by atoms with Gasteiger partial charge in [0.15, 0.2) is 0 Å². The molecule has 5 nitrogen and oxygen atoms in total. The van der Waals surface area contributed by atoms with E-state index in [-0.39, 0.29) is 5.54 Å². The highest BCUT2D eigenvalue weighted by atomic mass is 16.5. The van der Waals surface area contributed by atoms with Crippen LogP contribution in [0.25, 0.3) is 0 Å². The van der Waals surface area contributed by atoms with Crippen LogP contribution in [0.4, 0.5) is 11.6 Å². The Morgan fingerprint density at radius 1 is 1.33 bits per heavy atom. The van der Waals surface area contributed by atoms with Crippen LogP contribution in [0.1, 0.15) is 13.8 Å². The zero-order chi connectivity index (χ0) is 11.3. The van der Waals surface area contributed by atoms with Crippen LogP contribution in [0, 0.1) is 0 Å². The molecule has 0 aliphatic rings. The number of nitrogens with zero attached hydrogens (tertiary/aromatic N) is 2. The third kappa shape index (κ3) is 3.71. The molecule has 0 fully saturated rings. The van der Waals surface area contributed by atoms with Crippen molar-refractivity contribution in [2.75, 3.05) is 31.4 Å². The zero-order valence-corrected chi connectivity index (χ0v) is 9.66. The third-order valence-corrected chi connectivity index (χ3v) is 1.89. The summed E-state index contributed by atoms with van der Waals surface area (Å²) < 4.78 is 5.11. The quantitative estimate of drug-likeness (QED) is 0.768. The van der Waals surface area contributed by atoms with Crippen LogP contribution in [0.3, 0.4) is 0 Å². The van der Waals surface area contributed by atoms with Gasteiger partial charge in [-0.1, -0.05) is 0 Å². The van der Waals surface area contributed by atoms with E-state index in [1.54, 1.807) is 7.11 Å². The number of ether oxygens (including phenoxy) is 1. The van der Waals surface area contributed by atoms with Crippen molar-refractivity contribution in [3.63, 3.8) is 0 Å². The number of rotatable bonds is 5. The molecule has 15 heavy (non-hydrogen) atoms. The maximum atomic E-state index is 5.11. The standard InChI is InChI=1S/C10H18N4O/c1-10(2,6-15-4)14-9-5-8(11-3)12-7-13-9/h5,7H,6H2,1-4H3,(H2,11,12,13,14). The number of hydrogen-bond acceptors (Lipinski definition) is 5. The van der Waals surface area contributed by atoms with Gasteiger partial charge in [0.25, 0.3) is 0 Å². The number of methoxy groups -OCH3 is 1. The summed E-state index contributed by atoms with van der Waals surface area (Å²) >= 11 is 0. The highest BCUT2D eigenvalue weighted by Gasteiger charge is 2.17. The molecule has 0 aliphatic heterocycles. The second-order valence-electron chi connectivity index (χ2n) is 3.98. The number of nitrogens with one attached hydrogen (secondary N) is 2. The van der Waals surface area contributed by atoms with Gasteiger partial charge in [0.2, 0.25) is 0 Å². The van der Waals surface area contributed by atoms with Crippen LogP contribution in [0.15, 0.2) is 12.4 Å². The van der Waals surface area contributed by atoms with Gasteiger partial charge in [0, 0.05) is 20.2 Å². The maximum absolute atomic E-state index is 5.11. The monoisotopic (exact) mass is 210 g/mol. The fourth-order valence-electron chi connectivity index (χ4n) is 1.31. The summed E-state index contributed by atoms with van der Waals surface area (Å²) in [7, 11) is 3.51. The lowest BCUT2D eigenvalue weighted by atomic mass is 10.1. The van der Waals surface area contributed by atoms with Gasteiger partial charge in [0.05, 0.1) is 12.1 Å². The van der Waals surface area contributed by atoms with Crippen molar-refractivity contribution in [2.24, 2.45) is 0 Å². The van der Waals surface area contributed by atoms with Crippen molar-refractivity contribution in [3.8, 4) is 0 Å². The van der Waals surface area contributed by atoms with Crippen LogP contribution < -0.4 is 10.6 Å². The van der Waals surface area contributed by atoms with Crippen LogP contribution in [-0.4, -0.2) is 36.3 Å². The molecule has 0 atom stereocenters. The van der Waals surface area contributed by atoms with E-state index in [4.69, 9.17) is 4.74 Å². The van der Waals surface area contributed by atoms with Crippen molar-refractivity contribution in [1.82, 2.24) is 9.97 Å². The highest BCUT2D eigenvalue weighted by molar-refractivity contribution is 5.47. The molecule has 0 amide bonds. The molecule has 5 heteroatoms. The van der Waals surface area contributed by atoms with Gasteiger partial charge >= 0.3 is 0 Å². The van der Waals surface area contributed by atoms with E-state index in [9.17, 15) is 0 Å². The van der Waals surface area contributed by atoms with Gasteiger partial charge in [-0.2, -0.15) is 0 Å². The summed E-state index contributed by atoms with van der Waals surface area (Å²) in [6.07, 6.45) is 1.52. The van der Waals surface area contributed by atoms with Crippen molar-refractivity contribution in [1.29, 1.82) is 0 Å². The van der Waals surface area contributed by atoms with Gasteiger partial charge in [-0.15, -0.1) is 0 Å². The molecule has 1 aromatic rings. The van der Waals surface area contributed by atoms with Crippen LogP contribution in [-0.2, 0) is 4.74 Å². The Hall–Kier alpha value is -1.36. The third-order valence-electron chi connectivity index (χ3n) is 1.89. The SMILES string of the molecule is CNc1cc(NC(C)(C)COC)ncn1. The molecule has 1 heterocycles. The number of aromatic nitrogens is 2. The van der Waals surface area contributed by atoms with Gasteiger partial charge in [-0.25, -0.2) is 9.97 Å². The second kappa shape index (κ2) is 4.93. The molecule has 0 spiro atoms.